The van der Waals surface area contributed by atoms with Crippen molar-refractivity contribution in [2.75, 3.05) is 26.7 Å². The van der Waals surface area contributed by atoms with Crippen molar-refractivity contribution in [1.29, 1.82) is 0 Å². The predicted molar refractivity (Wildman–Crippen MR) is 69.9 cm³/mol. The smallest absolute Gasteiger partial charge is 0.236 e. The van der Waals surface area contributed by atoms with Crippen molar-refractivity contribution in [1.82, 2.24) is 9.80 Å². The summed E-state index contributed by atoms with van der Waals surface area (Å²) in [5.41, 5.74) is 0. The zero-order chi connectivity index (χ0) is 12.3. The highest BCUT2D eigenvalue weighted by molar-refractivity contribution is 5.78. The minimum atomic E-state index is 0.335. The van der Waals surface area contributed by atoms with Gasteiger partial charge >= 0.3 is 0 Å². The molecule has 0 aromatic carbocycles. The van der Waals surface area contributed by atoms with E-state index >= 15 is 0 Å². The van der Waals surface area contributed by atoms with Gasteiger partial charge in [0, 0.05) is 19.1 Å². The summed E-state index contributed by atoms with van der Waals surface area (Å²) in [6, 6.07) is 0.575. The number of rotatable bonds is 4. The van der Waals surface area contributed by atoms with Gasteiger partial charge in [0.1, 0.15) is 0 Å². The minimum Gasteiger partial charge on any atom is -0.342 e. The van der Waals surface area contributed by atoms with E-state index in [1.165, 1.54) is 38.5 Å². The van der Waals surface area contributed by atoms with Crippen molar-refractivity contribution in [3.8, 4) is 0 Å². The zero-order valence-electron chi connectivity index (χ0n) is 11.3. The van der Waals surface area contributed by atoms with E-state index in [-0.39, 0.29) is 0 Å². The topological polar surface area (TPSA) is 23.6 Å². The molecule has 0 N–H and O–H groups in total. The standard InChI is InChI=1S/C14H26N2O/c1-12(13-7-8-13)15(2)11-14(17)16-9-5-3-4-6-10-16/h12-13H,3-11H2,1-2H3/t12-/m1/s1. The minimum absolute atomic E-state index is 0.335. The maximum absolute atomic E-state index is 12.2. The second-order valence-corrected chi connectivity index (χ2v) is 5.79. The second kappa shape index (κ2) is 5.85. The van der Waals surface area contributed by atoms with Crippen molar-refractivity contribution in [2.24, 2.45) is 5.92 Å². The first-order valence-electron chi connectivity index (χ1n) is 7.16. The maximum atomic E-state index is 12.2. The normalized spacial score (nSPS) is 23.6. The van der Waals surface area contributed by atoms with Gasteiger partial charge in [-0.25, -0.2) is 0 Å². The highest BCUT2D eigenvalue weighted by Gasteiger charge is 2.31. The number of carbonyl (C=O) groups is 1. The van der Waals surface area contributed by atoms with Gasteiger partial charge < -0.3 is 4.90 Å². The predicted octanol–water partition coefficient (Wildman–Crippen LogP) is 2.12. The van der Waals surface area contributed by atoms with Crippen LogP contribution in [0, 0.1) is 5.92 Å². The maximum Gasteiger partial charge on any atom is 0.236 e. The number of hydrogen-bond donors (Lipinski definition) is 0. The van der Waals surface area contributed by atoms with Gasteiger partial charge in [0.05, 0.1) is 6.54 Å². The van der Waals surface area contributed by atoms with Crippen molar-refractivity contribution >= 4 is 5.91 Å². The summed E-state index contributed by atoms with van der Waals surface area (Å²) in [5.74, 6) is 1.18. The monoisotopic (exact) mass is 238 g/mol. The van der Waals surface area contributed by atoms with E-state index in [9.17, 15) is 4.79 Å². The Labute approximate surface area is 105 Å². The van der Waals surface area contributed by atoms with Crippen LogP contribution in [0.1, 0.15) is 45.4 Å². The van der Waals surface area contributed by atoms with E-state index in [0.717, 1.165) is 19.0 Å². The van der Waals surface area contributed by atoms with E-state index < -0.39 is 0 Å². The molecule has 0 unspecified atom stereocenters. The molecular formula is C14H26N2O. The molecule has 1 heterocycles. The molecule has 2 fully saturated rings. The molecule has 1 atom stereocenters. The van der Waals surface area contributed by atoms with Gasteiger partial charge in [0.2, 0.25) is 5.91 Å². The largest absolute Gasteiger partial charge is 0.342 e. The fourth-order valence-electron chi connectivity index (χ4n) is 2.72. The van der Waals surface area contributed by atoms with E-state index in [2.05, 4.69) is 23.8 Å². The van der Waals surface area contributed by atoms with Crippen molar-refractivity contribution in [3.05, 3.63) is 0 Å². The molecule has 0 spiro atoms. The fraction of sp³-hybridized carbons (Fsp3) is 0.929. The lowest BCUT2D eigenvalue weighted by molar-refractivity contribution is -0.132. The molecule has 1 aliphatic carbocycles. The quantitative estimate of drug-likeness (QED) is 0.749. The van der Waals surface area contributed by atoms with E-state index in [1.54, 1.807) is 0 Å². The van der Waals surface area contributed by atoms with Gasteiger partial charge in [-0.3, -0.25) is 9.69 Å². The number of likely N-dealkylation sites (N-methyl/N-ethyl adjacent to an activating group) is 1. The summed E-state index contributed by atoms with van der Waals surface area (Å²) in [4.78, 5) is 16.5. The molecule has 3 heteroatoms. The van der Waals surface area contributed by atoms with Crippen LogP contribution in [0.2, 0.25) is 0 Å². The summed E-state index contributed by atoms with van der Waals surface area (Å²) < 4.78 is 0. The highest BCUT2D eigenvalue weighted by Crippen LogP contribution is 2.34. The highest BCUT2D eigenvalue weighted by atomic mass is 16.2. The van der Waals surface area contributed by atoms with Crippen molar-refractivity contribution < 1.29 is 4.79 Å². The van der Waals surface area contributed by atoms with Gasteiger partial charge in [-0.05, 0) is 45.6 Å². The van der Waals surface area contributed by atoms with Crippen LogP contribution in [0.3, 0.4) is 0 Å². The summed E-state index contributed by atoms with van der Waals surface area (Å²) in [6.07, 6.45) is 7.66. The average Bonchev–Trinajstić information content (AvgIpc) is 3.14. The van der Waals surface area contributed by atoms with Gasteiger partial charge in [0.25, 0.3) is 0 Å². The molecule has 1 saturated heterocycles. The fourth-order valence-corrected chi connectivity index (χ4v) is 2.72. The first-order chi connectivity index (χ1) is 8.18. The second-order valence-electron chi connectivity index (χ2n) is 5.79. The molecule has 1 amide bonds. The molecule has 2 rings (SSSR count). The Balaban J connectivity index is 1.78. The van der Waals surface area contributed by atoms with E-state index in [4.69, 9.17) is 0 Å². The van der Waals surface area contributed by atoms with Gasteiger partial charge in [-0.2, -0.15) is 0 Å². The third-order valence-electron chi connectivity index (χ3n) is 4.34. The third kappa shape index (κ3) is 3.70. The Bertz CT molecular complexity index is 255. The molecule has 1 saturated carbocycles. The third-order valence-corrected chi connectivity index (χ3v) is 4.34. The first-order valence-corrected chi connectivity index (χ1v) is 7.16. The number of amides is 1. The molecule has 0 aromatic heterocycles. The van der Waals surface area contributed by atoms with Gasteiger partial charge in [0.15, 0.2) is 0 Å². The van der Waals surface area contributed by atoms with Crippen LogP contribution in [0.15, 0.2) is 0 Å². The first kappa shape index (κ1) is 12.9. The van der Waals surface area contributed by atoms with Gasteiger partial charge in [-0.15, -0.1) is 0 Å². The molecule has 17 heavy (non-hydrogen) atoms. The van der Waals surface area contributed by atoms with Crippen LogP contribution < -0.4 is 0 Å². The number of nitrogens with zero attached hydrogens (tertiary/aromatic N) is 2. The van der Waals surface area contributed by atoms with Crippen LogP contribution >= 0.6 is 0 Å². The summed E-state index contributed by atoms with van der Waals surface area (Å²) in [6.45, 7) is 4.82. The lowest BCUT2D eigenvalue weighted by Gasteiger charge is -2.28. The number of likely N-dealkylation sites (tertiary alicyclic amines) is 1. The molecule has 98 valence electrons. The molecular weight excluding hydrogens is 212 g/mol. The SMILES string of the molecule is C[C@H](C1CC1)N(C)CC(=O)N1CCCCCC1. The summed E-state index contributed by atoms with van der Waals surface area (Å²) in [7, 11) is 2.10. The van der Waals surface area contributed by atoms with Crippen LogP contribution in [-0.4, -0.2) is 48.4 Å². The average molecular weight is 238 g/mol. The van der Waals surface area contributed by atoms with Crippen LogP contribution in [0.25, 0.3) is 0 Å². The van der Waals surface area contributed by atoms with Crippen LogP contribution in [-0.2, 0) is 4.79 Å². The summed E-state index contributed by atoms with van der Waals surface area (Å²) in [5, 5.41) is 0. The number of carbonyl (C=O) groups excluding carboxylic acids is 1. The summed E-state index contributed by atoms with van der Waals surface area (Å²) >= 11 is 0. The Morgan fingerprint density at radius 3 is 2.35 bits per heavy atom. The Kier molecular flexibility index (Phi) is 4.43. The van der Waals surface area contributed by atoms with E-state index in [0.29, 0.717) is 18.5 Å². The molecule has 3 nitrogen and oxygen atoms in total. The van der Waals surface area contributed by atoms with E-state index in [1.807, 2.05) is 0 Å². The Morgan fingerprint density at radius 2 is 1.82 bits per heavy atom. The van der Waals surface area contributed by atoms with Crippen LogP contribution in [0.5, 0.6) is 0 Å². The van der Waals surface area contributed by atoms with Crippen molar-refractivity contribution in [3.63, 3.8) is 0 Å². The Hall–Kier alpha value is -0.570. The molecule has 1 aliphatic heterocycles. The molecule has 0 bridgehead atoms. The zero-order valence-corrected chi connectivity index (χ0v) is 11.3. The van der Waals surface area contributed by atoms with Crippen LogP contribution in [0.4, 0.5) is 0 Å². The van der Waals surface area contributed by atoms with Gasteiger partial charge in [-0.1, -0.05) is 12.8 Å². The number of hydrogen-bond acceptors (Lipinski definition) is 2. The Morgan fingerprint density at radius 1 is 1.24 bits per heavy atom. The molecule has 0 radical (unpaired) electrons. The molecule has 0 aromatic rings. The lowest BCUT2D eigenvalue weighted by atomic mass is 10.2. The molecule has 2 aliphatic rings. The van der Waals surface area contributed by atoms with Crippen molar-refractivity contribution in [2.45, 2.75) is 51.5 Å². The lowest BCUT2D eigenvalue weighted by Crippen LogP contribution is -2.42.